The highest BCUT2D eigenvalue weighted by atomic mass is 35.5. The lowest BCUT2D eigenvalue weighted by atomic mass is 10.4. The summed E-state index contributed by atoms with van der Waals surface area (Å²) >= 11 is 10.1. The van der Waals surface area contributed by atoms with E-state index in [9.17, 15) is 0 Å². The fourth-order valence-electron chi connectivity index (χ4n) is 0.589. The van der Waals surface area contributed by atoms with Crippen LogP contribution in [0.5, 0.6) is 0 Å². The molecule has 0 heterocycles. The lowest BCUT2D eigenvalue weighted by Gasteiger charge is -1.80. The van der Waals surface area contributed by atoms with Crippen molar-refractivity contribution in [2.75, 3.05) is 0 Å². The van der Waals surface area contributed by atoms with Gasteiger partial charge in [-0.05, 0) is 6.42 Å². The third-order valence-electron chi connectivity index (χ3n) is 1.25. The van der Waals surface area contributed by atoms with Crippen LogP contribution < -0.4 is 0 Å². The highest BCUT2D eigenvalue weighted by molar-refractivity contribution is 7.83. The van der Waals surface area contributed by atoms with Crippen molar-refractivity contribution in [2.24, 2.45) is 11.8 Å². The summed E-state index contributed by atoms with van der Waals surface area (Å²) < 4.78 is 0.469. The molecular formula is C5H4ClNS. The second kappa shape index (κ2) is 2.00. The molecule has 0 aromatic carbocycles. The average molecular weight is 146 g/mol. The molecule has 1 rings (SSSR count). The first-order chi connectivity index (χ1) is 3.75. The smallest absolute Gasteiger partial charge is 0.0853 e. The van der Waals surface area contributed by atoms with Gasteiger partial charge in [0.2, 0.25) is 0 Å². The molecule has 0 aliphatic heterocycles. The van der Waals surface area contributed by atoms with Gasteiger partial charge < -0.3 is 0 Å². The molecule has 1 fully saturated rings. The molecule has 1 nitrogen and oxygen atoms in total. The molecule has 0 spiro atoms. The summed E-state index contributed by atoms with van der Waals surface area (Å²) in [5.41, 5.74) is 0. The zero-order valence-electron chi connectivity index (χ0n) is 4.10. The van der Waals surface area contributed by atoms with Crippen LogP contribution in [0, 0.1) is 23.2 Å². The first kappa shape index (κ1) is 6.00. The number of halogens is 1. The van der Waals surface area contributed by atoms with Crippen LogP contribution in [-0.2, 0) is 0 Å². The molecule has 0 N–H and O–H groups in total. The topological polar surface area (TPSA) is 23.8 Å². The average Bonchev–Trinajstić information content (AvgIpc) is 2.42. The van der Waals surface area contributed by atoms with E-state index in [1.54, 1.807) is 0 Å². The van der Waals surface area contributed by atoms with Crippen molar-refractivity contribution >= 4 is 28.1 Å². The van der Waals surface area contributed by atoms with Crippen molar-refractivity contribution < 1.29 is 0 Å². The second-order valence-electron chi connectivity index (χ2n) is 1.88. The molecule has 1 saturated carbocycles. The van der Waals surface area contributed by atoms with Gasteiger partial charge in [0.1, 0.15) is 0 Å². The van der Waals surface area contributed by atoms with Gasteiger partial charge in [-0.2, -0.15) is 5.26 Å². The summed E-state index contributed by atoms with van der Waals surface area (Å²) in [6, 6.07) is 2.10. The summed E-state index contributed by atoms with van der Waals surface area (Å²) in [6.45, 7) is 0. The number of thiocarbonyl (C=S) groups is 1. The second-order valence-corrected chi connectivity index (χ2v) is 2.95. The number of hydrogen-bond acceptors (Lipinski definition) is 2. The third kappa shape index (κ3) is 0.988. The Labute approximate surface area is 58.2 Å². The highest BCUT2D eigenvalue weighted by Crippen LogP contribution is 2.39. The summed E-state index contributed by atoms with van der Waals surface area (Å²) in [5.74, 6) is 0.344. The van der Waals surface area contributed by atoms with Gasteiger partial charge in [-0.25, -0.2) is 0 Å². The molecule has 1 aliphatic rings. The lowest BCUT2D eigenvalue weighted by Crippen LogP contribution is -1.85. The minimum absolute atomic E-state index is 0.125. The van der Waals surface area contributed by atoms with E-state index in [1.807, 2.05) is 0 Å². The summed E-state index contributed by atoms with van der Waals surface area (Å²) in [4.78, 5) is 0. The predicted molar refractivity (Wildman–Crippen MR) is 35.7 cm³/mol. The van der Waals surface area contributed by atoms with Gasteiger partial charge in [0.15, 0.2) is 0 Å². The first-order valence-electron chi connectivity index (χ1n) is 2.34. The lowest BCUT2D eigenvalue weighted by molar-refractivity contribution is 1.07. The van der Waals surface area contributed by atoms with E-state index in [2.05, 4.69) is 18.3 Å². The first-order valence-corrected chi connectivity index (χ1v) is 3.13. The maximum absolute atomic E-state index is 8.26. The van der Waals surface area contributed by atoms with Crippen molar-refractivity contribution in [2.45, 2.75) is 6.42 Å². The molecule has 0 radical (unpaired) electrons. The standard InChI is InChI=1S/C5H4ClNS/c6-5(8)4-1-3(4)2-7/h3-4H,1H2/t3-,4+/m1/s1. The van der Waals surface area contributed by atoms with E-state index in [0.29, 0.717) is 4.32 Å². The Hall–Kier alpha value is -0.130. The monoisotopic (exact) mass is 145 g/mol. The van der Waals surface area contributed by atoms with Crippen molar-refractivity contribution in [1.82, 2.24) is 0 Å². The normalized spacial score (nSPS) is 33.5. The van der Waals surface area contributed by atoms with Crippen LogP contribution in [0.1, 0.15) is 6.42 Å². The van der Waals surface area contributed by atoms with Crippen molar-refractivity contribution in [3.63, 3.8) is 0 Å². The molecule has 8 heavy (non-hydrogen) atoms. The quantitative estimate of drug-likeness (QED) is 0.414. The highest BCUT2D eigenvalue weighted by Gasteiger charge is 2.39. The largest absolute Gasteiger partial charge is 0.198 e. The Morgan fingerprint density at radius 1 is 1.88 bits per heavy atom. The van der Waals surface area contributed by atoms with E-state index >= 15 is 0 Å². The molecule has 1 aliphatic carbocycles. The molecule has 0 unspecified atom stereocenters. The molecule has 0 saturated heterocycles. The summed E-state index contributed by atoms with van der Waals surface area (Å²) in [5, 5.41) is 8.26. The van der Waals surface area contributed by atoms with E-state index < -0.39 is 0 Å². The number of hydrogen-bond donors (Lipinski definition) is 0. The molecule has 0 aromatic rings. The molecule has 0 amide bonds. The van der Waals surface area contributed by atoms with Crippen LogP contribution in [0.4, 0.5) is 0 Å². The molecule has 0 bridgehead atoms. The Bertz CT molecular complexity index is 160. The van der Waals surface area contributed by atoms with Gasteiger partial charge in [-0.1, -0.05) is 23.8 Å². The van der Waals surface area contributed by atoms with E-state index in [1.165, 1.54) is 0 Å². The maximum atomic E-state index is 8.26. The fourth-order valence-corrected chi connectivity index (χ4v) is 1.09. The number of nitrogens with zero attached hydrogens (tertiary/aromatic N) is 1. The van der Waals surface area contributed by atoms with Gasteiger partial charge in [-0.3, -0.25) is 0 Å². The van der Waals surface area contributed by atoms with Gasteiger partial charge >= 0.3 is 0 Å². The number of nitriles is 1. The Morgan fingerprint density at radius 3 is 2.62 bits per heavy atom. The Kier molecular flexibility index (Phi) is 1.50. The zero-order chi connectivity index (χ0) is 6.15. The predicted octanol–water partition coefficient (Wildman–Crippen LogP) is 1.71. The van der Waals surface area contributed by atoms with E-state index in [-0.39, 0.29) is 11.8 Å². The third-order valence-corrected chi connectivity index (χ3v) is 1.83. The maximum Gasteiger partial charge on any atom is 0.0853 e. The Morgan fingerprint density at radius 2 is 2.50 bits per heavy atom. The molecule has 0 aromatic heterocycles. The minimum Gasteiger partial charge on any atom is -0.198 e. The molecule has 2 atom stereocenters. The summed E-state index contributed by atoms with van der Waals surface area (Å²) in [6.07, 6.45) is 0.874. The van der Waals surface area contributed by atoms with Crippen LogP contribution in [0.3, 0.4) is 0 Å². The van der Waals surface area contributed by atoms with Crippen LogP contribution >= 0.6 is 23.8 Å². The minimum atomic E-state index is 0.125. The van der Waals surface area contributed by atoms with Crippen molar-refractivity contribution in [3.8, 4) is 6.07 Å². The molecule has 3 heteroatoms. The fraction of sp³-hybridized carbons (Fsp3) is 0.600. The van der Waals surface area contributed by atoms with Crippen molar-refractivity contribution in [1.29, 1.82) is 5.26 Å². The van der Waals surface area contributed by atoms with E-state index in [0.717, 1.165) is 6.42 Å². The summed E-state index contributed by atoms with van der Waals surface area (Å²) in [7, 11) is 0. The van der Waals surface area contributed by atoms with Crippen LogP contribution in [0.15, 0.2) is 0 Å². The van der Waals surface area contributed by atoms with Crippen LogP contribution in [-0.4, -0.2) is 4.32 Å². The van der Waals surface area contributed by atoms with Crippen LogP contribution in [0.25, 0.3) is 0 Å². The van der Waals surface area contributed by atoms with Crippen LogP contribution in [0.2, 0.25) is 0 Å². The Balaban J connectivity index is 2.40. The van der Waals surface area contributed by atoms with Gasteiger partial charge in [0.05, 0.1) is 16.3 Å². The van der Waals surface area contributed by atoms with Gasteiger partial charge in [0, 0.05) is 5.92 Å². The molecular weight excluding hydrogens is 142 g/mol. The number of rotatable bonds is 1. The van der Waals surface area contributed by atoms with Gasteiger partial charge in [0.25, 0.3) is 0 Å². The molecule has 42 valence electrons. The SMILES string of the molecule is N#C[C@H]1C[C@@H]1C(=S)Cl. The zero-order valence-corrected chi connectivity index (χ0v) is 5.67. The van der Waals surface area contributed by atoms with Crippen molar-refractivity contribution in [3.05, 3.63) is 0 Å². The van der Waals surface area contributed by atoms with E-state index in [4.69, 9.17) is 16.9 Å². The van der Waals surface area contributed by atoms with Gasteiger partial charge in [-0.15, -0.1) is 0 Å².